The van der Waals surface area contributed by atoms with E-state index in [0.717, 1.165) is 141 Å². The maximum Gasteiger partial charge on any atom is 0.306 e. The fourth-order valence-corrected chi connectivity index (χ4v) is 6.29. The minimum absolute atomic E-state index is 0.108. The van der Waals surface area contributed by atoms with E-state index in [0.29, 0.717) is 25.7 Å². The molecule has 0 radical (unpaired) electrons. The van der Waals surface area contributed by atoms with Crippen molar-refractivity contribution in [2.45, 2.75) is 213 Å². The standard InChI is InChI=1S/C56H90O6/c1-4-7-10-13-16-19-22-25-28-31-34-37-40-43-46-49-55(58)61-52-53(51-60-54(57)48-45-42-39-36-33-30-27-24-21-18-15-12-9-6-3)62-56(59)50-47-44-41-38-35-32-29-26-23-20-17-14-11-8-5-2/h7-8,10-11,15-20,24-29,34,37,53H,4-6,9,12-14,21-23,30-33,35-36,38-52H2,1-3H3/b10-7-,11-8-,18-15-,19-16-,20-17-,27-24-,28-25-,29-26-,37-34-. The lowest BCUT2D eigenvalue weighted by molar-refractivity contribution is -0.167. The van der Waals surface area contributed by atoms with Gasteiger partial charge in [-0.3, -0.25) is 14.4 Å². The Morgan fingerprint density at radius 2 is 0.629 bits per heavy atom. The van der Waals surface area contributed by atoms with Gasteiger partial charge in [-0.1, -0.05) is 182 Å². The van der Waals surface area contributed by atoms with E-state index in [1.165, 1.54) is 19.3 Å². The lowest BCUT2D eigenvalue weighted by Gasteiger charge is -2.18. The third-order valence-corrected chi connectivity index (χ3v) is 9.99. The minimum atomic E-state index is -0.811. The fraction of sp³-hybridized carbons (Fsp3) is 0.625. The molecule has 62 heavy (non-hydrogen) atoms. The van der Waals surface area contributed by atoms with Crippen LogP contribution in [0.3, 0.4) is 0 Å². The van der Waals surface area contributed by atoms with Crippen molar-refractivity contribution in [3.8, 4) is 0 Å². The summed E-state index contributed by atoms with van der Waals surface area (Å²) in [7, 11) is 0. The van der Waals surface area contributed by atoms with Crippen molar-refractivity contribution < 1.29 is 28.6 Å². The molecule has 0 aliphatic rings. The van der Waals surface area contributed by atoms with Crippen LogP contribution in [0.2, 0.25) is 0 Å². The van der Waals surface area contributed by atoms with Gasteiger partial charge in [-0.05, 0) is 116 Å². The molecule has 6 nitrogen and oxygen atoms in total. The van der Waals surface area contributed by atoms with E-state index in [2.05, 4.69) is 130 Å². The summed E-state index contributed by atoms with van der Waals surface area (Å²) in [4.78, 5) is 37.9. The first-order valence-electron chi connectivity index (χ1n) is 24.9. The number of ether oxygens (including phenoxy) is 3. The Kier molecular flexibility index (Phi) is 46.6. The van der Waals surface area contributed by atoms with Crippen LogP contribution >= 0.6 is 0 Å². The van der Waals surface area contributed by atoms with Crippen molar-refractivity contribution in [1.29, 1.82) is 0 Å². The predicted molar refractivity (Wildman–Crippen MR) is 265 cm³/mol. The summed E-state index contributed by atoms with van der Waals surface area (Å²) in [5.41, 5.74) is 0. The van der Waals surface area contributed by atoms with Crippen molar-refractivity contribution in [3.63, 3.8) is 0 Å². The summed E-state index contributed by atoms with van der Waals surface area (Å²) in [6.07, 6.45) is 66.4. The number of carbonyl (C=O) groups is 3. The van der Waals surface area contributed by atoms with Crippen LogP contribution in [-0.4, -0.2) is 37.2 Å². The van der Waals surface area contributed by atoms with Crippen LogP contribution in [-0.2, 0) is 28.6 Å². The smallest absolute Gasteiger partial charge is 0.306 e. The molecule has 0 heterocycles. The summed E-state index contributed by atoms with van der Waals surface area (Å²) in [6.45, 7) is 6.29. The van der Waals surface area contributed by atoms with Gasteiger partial charge in [0.15, 0.2) is 6.10 Å². The molecule has 0 aromatic heterocycles. The maximum atomic E-state index is 12.8. The topological polar surface area (TPSA) is 78.9 Å². The zero-order chi connectivity index (χ0) is 45.1. The average molecular weight is 859 g/mol. The molecule has 0 bridgehead atoms. The second-order valence-electron chi connectivity index (χ2n) is 16.0. The zero-order valence-electron chi connectivity index (χ0n) is 39.8. The quantitative estimate of drug-likeness (QED) is 0.0263. The summed E-state index contributed by atoms with van der Waals surface area (Å²) in [6, 6.07) is 0. The highest BCUT2D eigenvalue weighted by atomic mass is 16.6. The molecule has 0 fully saturated rings. The Balaban J connectivity index is 4.53. The molecular formula is C56H90O6. The first kappa shape index (κ1) is 58.1. The molecule has 6 heteroatoms. The van der Waals surface area contributed by atoms with Crippen LogP contribution < -0.4 is 0 Å². The van der Waals surface area contributed by atoms with Gasteiger partial charge in [-0.15, -0.1) is 0 Å². The van der Waals surface area contributed by atoms with E-state index in [1.54, 1.807) is 0 Å². The van der Waals surface area contributed by atoms with Gasteiger partial charge in [-0.2, -0.15) is 0 Å². The van der Waals surface area contributed by atoms with Gasteiger partial charge in [0, 0.05) is 19.3 Å². The number of allylic oxidation sites excluding steroid dienone is 18. The molecule has 0 rings (SSSR count). The molecule has 0 saturated heterocycles. The van der Waals surface area contributed by atoms with Crippen molar-refractivity contribution in [3.05, 3.63) is 109 Å². The van der Waals surface area contributed by atoms with E-state index < -0.39 is 6.10 Å². The van der Waals surface area contributed by atoms with Crippen molar-refractivity contribution in [1.82, 2.24) is 0 Å². The summed E-state index contributed by atoms with van der Waals surface area (Å²) < 4.78 is 16.7. The van der Waals surface area contributed by atoms with Crippen LogP contribution in [0.4, 0.5) is 0 Å². The number of carbonyl (C=O) groups excluding carboxylic acids is 3. The third-order valence-electron chi connectivity index (χ3n) is 9.99. The highest BCUT2D eigenvalue weighted by Gasteiger charge is 2.19. The highest BCUT2D eigenvalue weighted by molar-refractivity contribution is 5.71. The third kappa shape index (κ3) is 47.1. The molecule has 350 valence electrons. The number of hydrogen-bond donors (Lipinski definition) is 0. The van der Waals surface area contributed by atoms with Gasteiger partial charge in [0.05, 0.1) is 0 Å². The minimum Gasteiger partial charge on any atom is -0.462 e. The summed E-state index contributed by atoms with van der Waals surface area (Å²) in [5, 5.41) is 0. The van der Waals surface area contributed by atoms with Crippen LogP contribution in [0.1, 0.15) is 207 Å². The van der Waals surface area contributed by atoms with Crippen LogP contribution in [0.15, 0.2) is 109 Å². The van der Waals surface area contributed by atoms with Gasteiger partial charge < -0.3 is 14.2 Å². The second-order valence-corrected chi connectivity index (χ2v) is 16.0. The van der Waals surface area contributed by atoms with E-state index in [4.69, 9.17) is 14.2 Å². The number of hydrogen-bond acceptors (Lipinski definition) is 6. The first-order chi connectivity index (χ1) is 30.5. The molecule has 0 spiro atoms. The van der Waals surface area contributed by atoms with Crippen molar-refractivity contribution >= 4 is 17.9 Å². The first-order valence-corrected chi connectivity index (χ1v) is 24.9. The Morgan fingerprint density at radius 3 is 1.02 bits per heavy atom. The zero-order valence-corrected chi connectivity index (χ0v) is 39.8. The molecule has 1 unspecified atom stereocenters. The summed E-state index contributed by atoms with van der Waals surface area (Å²) >= 11 is 0. The number of rotatable bonds is 43. The molecule has 0 aromatic rings. The lowest BCUT2D eigenvalue weighted by Crippen LogP contribution is -2.30. The summed E-state index contributed by atoms with van der Waals surface area (Å²) in [5.74, 6) is -0.989. The predicted octanol–water partition coefficient (Wildman–Crippen LogP) is 16.4. The van der Waals surface area contributed by atoms with Crippen molar-refractivity contribution in [2.24, 2.45) is 0 Å². The number of unbranched alkanes of at least 4 members (excludes halogenated alkanes) is 14. The Hall–Kier alpha value is -3.93. The molecule has 0 amide bonds. The number of esters is 3. The average Bonchev–Trinajstić information content (AvgIpc) is 3.27. The normalized spacial score (nSPS) is 13.0. The molecule has 0 aromatic carbocycles. The van der Waals surface area contributed by atoms with Crippen LogP contribution in [0, 0.1) is 0 Å². The molecule has 0 N–H and O–H groups in total. The molecule has 1 atom stereocenters. The molecule has 0 aliphatic heterocycles. The van der Waals surface area contributed by atoms with E-state index in [-0.39, 0.29) is 31.1 Å². The van der Waals surface area contributed by atoms with Gasteiger partial charge in [0.2, 0.25) is 0 Å². The van der Waals surface area contributed by atoms with Crippen molar-refractivity contribution in [2.75, 3.05) is 13.2 Å². The maximum absolute atomic E-state index is 12.8. The van der Waals surface area contributed by atoms with E-state index >= 15 is 0 Å². The second kappa shape index (κ2) is 49.7. The van der Waals surface area contributed by atoms with Crippen LogP contribution in [0.5, 0.6) is 0 Å². The lowest BCUT2D eigenvalue weighted by atomic mass is 10.1. The van der Waals surface area contributed by atoms with Gasteiger partial charge in [-0.25, -0.2) is 0 Å². The van der Waals surface area contributed by atoms with Gasteiger partial charge in [0.1, 0.15) is 13.2 Å². The monoisotopic (exact) mass is 859 g/mol. The fourth-order valence-electron chi connectivity index (χ4n) is 6.29. The molecular weight excluding hydrogens is 769 g/mol. The Labute approximate surface area is 380 Å². The van der Waals surface area contributed by atoms with Gasteiger partial charge >= 0.3 is 17.9 Å². The van der Waals surface area contributed by atoms with Crippen LogP contribution in [0.25, 0.3) is 0 Å². The SMILES string of the molecule is CC/C=C\C/C=C\C/C=C\C/C=C\CCCCC(=O)OCC(COC(=O)CCCCCCC/C=C\C/C=C\CCCC)OC(=O)CCCCCCC/C=C\C/C=C\C/C=C\CC. The van der Waals surface area contributed by atoms with E-state index in [1.807, 2.05) is 0 Å². The van der Waals surface area contributed by atoms with E-state index in [9.17, 15) is 14.4 Å². The Morgan fingerprint density at radius 1 is 0.339 bits per heavy atom. The Bertz CT molecular complexity index is 1310. The molecule has 0 aliphatic carbocycles. The van der Waals surface area contributed by atoms with Gasteiger partial charge in [0.25, 0.3) is 0 Å². The molecule has 0 saturated carbocycles. The highest BCUT2D eigenvalue weighted by Crippen LogP contribution is 2.12. The largest absolute Gasteiger partial charge is 0.462 e.